The normalized spacial score (nSPS) is 20.4. The van der Waals surface area contributed by atoms with E-state index in [0.29, 0.717) is 19.4 Å². The number of rotatable bonds is 5. The number of carbonyl (C=O) groups is 3. The summed E-state index contributed by atoms with van der Waals surface area (Å²) in [5, 5.41) is 11.9. The van der Waals surface area contributed by atoms with Crippen LogP contribution in [0.4, 0.5) is 4.79 Å². The SMILES string of the molecule is C[C@@H](OC(C)(C)C)[C@H](NC(=O)OC(C)(C)C)C(=O)N1CCC[C@@H]1C(=O)O. The van der Waals surface area contributed by atoms with Crippen molar-refractivity contribution in [1.29, 1.82) is 0 Å². The van der Waals surface area contributed by atoms with E-state index in [1.807, 2.05) is 20.8 Å². The van der Waals surface area contributed by atoms with Crippen molar-refractivity contribution in [2.24, 2.45) is 0 Å². The van der Waals surface area contributed by atoms with Gasteiger partial charge in [-0.25, -0.2) is 9.59 Å². The highest BCUT2D eigenvalue weighted by atomic mass is 16.6. The predicted octanol–water partition coefficient (Wildman–Crippen LogP) is 2.16. The molecule has 0 bridgehead atoms. The number of nitrogens with one attached hydrogen (secondary N) is 1. The molecule has 2 amide bonds. The predicted molar refractivity (Wildman–Crippen MR) is 95.8 cm³/mol. The molecule has 1 aliphatic rings. The molecule has 1 aliphatic heterocycles. The number of nitrogens with zero attached hydrogens (tertiary/aromatic N) is 1. The van der Waals surface area contributed by atoms with E-state index in [1.54, 1.807) is 27.7 Å². The first kappa shape index (κ1) is 22.2. The van der Waals surface area contributed by atoms with Crippen molar-refractivity contribution in [3.63, 3.8) is 0 Å². The van der Waals surface area contributed by atoms with Crippen molar-refractivity contribution in [3.05, 3.63) is 0 Å². The number of aliphatic carboxylic acids is 1. The summed E-state index contributed by atoms with van der Waals surface area (Å²) in [6.45, 7) is 12.7. The van der Waals surface area contributed by atoms with Crippen LogP contribution in [0.15, 0.2) is 0 Å². The zero-order chi connectivity index (χ0) is 20.3. The van der Waals surface area contributed by atoms with Crippen LogP contribution in [-0.2, 0) is 19.1 Å². The van der Waals surface area contributed by atoms with Crippen molar-refractivity contribution < 1.29 is 29.0 Å². The molecule has 3 atom stereocenters. The van der Waals surface area contributed by atoms with Crippen LogP contribution in [0, 0.1) is 0 Å². The summed E-state index contributed by atoms with van der Waals surface area (Å²) < 4.78 is 11.1. The number of ether oxygens (including phenoxy) is 2. The van der Waals surface area contributed by atoms with Gasteiger partial charge in [-0.2, -0.15) is 0 Å². The Bertz CT molecular complexity index is 535. The zero-order valence-electron chi connectivity index (χ0n) is 16.8. The van der Waals surface area contributed by atoms with Gasteiger partial charge in [0.25, 0.3) is 0 Å². The Morgan fingerprint density at radius 2 is 1.69 bits per heavy atom. The molecule has 8 heteroatoms. The molecule has 2 N–H and O–H groups in total. The fourth-order valence-electron chi connectivity index (χ4n) is 2.91. The highest BCUT2D eigenvalue weighted by molar-refractivity contribution is 5.90. The van der Waals surface area contributed by atoms with E-state index in [1.165, 1.54) is 4.90 Å². The van der Waals surface area contributed by atoms with Gasteiger partial charge in [-0.1, -0.05) is 0 Å². The standard InChI is InChI=1S/C18H32N2O6/c1-11(25-17(2,3)4)13(19-16(24)26-18(5,6)7)14(21)20-10-8-9-12(20)15(22)23/h11-13H,8-10H2,1-7H3,(H,19,24)(H,22,23)/t11-,12-,13+/m1/s1. The molecule has 1 fully saturated rings. The third-order valence-electron chi connectivity index (χ3n) is 3.77. The molecule has 0 aliphatic carbocycles. The van der Waals surface area contributed by atoms with Gasteiger partial charge in [0.15, 0.2) is 0 Å². The molecule has 8 nitrogen and oxygen atoms in total. The Morgan fingerprint density at radius 1 is 1.12 bits per heavy atom. The molecule has 0 aromatic rings. The lowest BCUT2D eigenvalue weighted by Crippen LogP contribution is -2.57. The maximum atomic E-state index is 13.0. The molecule has 1 rings (SSSR count). The summed E-state index contributed by atoms with van der Waals surface area (Å²) >= 11 is 0. The summed E-state index contributed by atoms with van der Waals surface area (Å²) in [5.74, 6) is -1.52. The average Bonchev–Trinajstić information content (AvgIpc) is 2.89. The Morgan fingerprint density at radius 3 is 2.15 bits per heavy atom. The molecule has 0 aromatic carbocycles. The number of likely N-dealkylation sites (tertiary alicyclic amines) is 1. The van der Waals surface area contributed by atoms with Gasteiger partial charge in [-0.15, -0.1) is 0 Å². The van der Waals surface area contributed by atoms with Gasteiger partial charge in [0.2, 0.25) is 5.91 Å². The quantitative estimate of drug-likeness (QED) is 0.766. The van der Waals surface area contributed by atoms with Crippen LogP contribution in [0.3, 0.4) is 0 Å². The molecule has 0 unspecified atom stereocenters. The van der Waals surface area contributed by atoms with Crippen molar-refractivity contribution in [2.75, 3.05) is 6.54 Å². The fourth-order valence-corrected chi connectivity index (χ4v) is 2.91. The monoisotopic (exact) mass is 372 g/mol. The lowest BCUT2D eigenvalue weighted by atomic mass is 10.1. The Kier molecular flexibility index (Phi) is 7.04. The number of amides is 2. The Hall–Kier alpha value is -1.83. The number of hydrogen-bond donors (Lipinski definition) is 2. The zero-order valence-corrected chi connectivity index (χ0v) is 16.8. The van der Waals surface area contributed by atoms with E-state index in [2.05, 4.69) is 5.32 Å². The maximum Gasteiger partial charge on any atom is 0.408 e. The number of hydrogen-bond acceptors (Lipinski definition) is 5. The Balaban J connectivity index is 3.00. The molecule has 0 spiro atoms. The second-order valence-corrected chi connectivity index (χ2v) is 8.59. The highest BCUT2D eigenvalue weighted by Crippen LogP contribution is 2.21. The first-order chi connectivity index (χ1) is 11.7. The fraction of sp³-hybridized carbons (Fsp3) is 0.833. The molecule has 0 aromatic heterocycles. The van der Waals surface area contributed by atoms with E-state index >= 15 is 0 Å². The highest BCUT2D eigenvalue weighted by Gasteiger charge is 2.41. The lowest BCUT2D eigenvalue weighted by molar-refractivity contribution is -0.152. The number of carboxylic acids is 1. The van der Waals surface area contributed by atoms with Crippen molar-refractivity contribution >= 4 is 18.0 Å². The number of carboxylic acid groups (broad SMARTS) is 1. The van der Waals surface area contributed by atoms with Gasteiger partial charge >= 0.3 is 12.1 Å². The van der Waals surface area contributed by atoms with Crippen molar-refractivity contribution in [2.45, 2.75) is 90.7 Å². The number of carbonyl (C=O) groups excluding carboxylic acids is 2. The molecule has 26 heavy (non-hydrogen) atoms. The molecular formula is C18H32N2O6. The van der Waals surface area contributed by atoms with E-state index in [4.69, 9.17) is 9.47 Å². The van der Waals surface area contributed by atoms with Crippen molar-refractivity contribution in [1.82, 2.24) is 10.2 Å². The first-order valence-electron chi connectivity index (χ1n) is 8.92. The van der Waals surface area contributed by atoms with Crippen LogP contribution in [0.1, 0.15) is 61.3 Å². The third-order valence-corrected chi connectivity index (χ3v) is 3.77. The molecule has 1 heterocycles. The van der Waals surface area contributed by atoms with E-state index in [-0.39, 0.29) is 0 Å². The summed E-state index contributed by atoms with van der Waals surface area (Å²) in [7, 11) is 0. The van der Waals surface area contributed by atoms with Gasteiger partial charge in [0.1, 0.15) is 17.7 Å². The minimum atomic E-state index is -1.05. The smallest absolute Gasteiger partial charge is 0.408 e. The Labute approximate surface area is 155 Å². The number of alkyl carbamates (subject to hydrolysis) is 1. The van der Waals surface area contributed by atoms with Crippen LogP contribution >= 0.6 is 0 Å². The lowest BCUT2D eigenvalue weighted by Gasteiger charge is -2.34. The summed E-state index contributed by atoms with van der Waals surface area (Å²) in [6.07, 6.45) is -0.401. The first-order valence-corrected chi connectivity index (χ1v) is 8.92. The second kappa shape index (κ2) is 8.24. The van der Waals surface area contributed by atoms with Gasteiger partial charge in [-0.05, 0) is 61.3 Å². The van der Waals surface area contributed by atoms with E-state index in [0.717, 1.165) is 0 Å². The van der Waals surface area contributed by atoms with Crippen LogP contribution in [-0.4, -0.2) is 63.9 Å². The summed E-state index contributed by atoms with van der Waals surface area (Å²) in [6, 6.07) is -1.92. The summed E-state index contributed by atoms with van der Waals surface area (Å²) in [4.78, 5) is 37.9. The molecule has 0 saturated carbocycles. The largest absolute Gasteiger partial charge is 0.480 e. The summed E-state index contributed by atoms with van der Waals surface area (Å²) in [5.41, 5.74) is -1.26. The van der Waals surface area contributed by atoms with Gasteiger partial charge in [0.05, 0.1) is 11.7 Å². The van der Waals surface area contributed by atoms with Crippen LogP contribution < -0.4 is 5.32 Å². The third kappa shape index (κ3) is 6.82. The van der Waals surface area contributed by atoms with Gasteiger partial charge in [0, 0.05) is 6.54 Å². The topological polar surface area (TPSA) is 105 Å². The van der Waals surface area contributed by atoms with E-state index < -0.39 is 47.4 Å². The molecule has 1 saturated heterocycles. The van der Waals surface area contributed by atoms with Gasteiger partial charge < -0.3 is 24.8 Å². The molecule has 150 valence electrons. The minimum Gasteiger partial charge on any atom is -0.480 e. The molecular weight excluding hydrogens is 340 g/mol. The minimum absolute atomic E-state index is 0.338. The van der Waals surface area contributed by atoms with E-state index in [9.17, 15) is 19.5 Å². The van der Waals surface area contributed by atoms with Gasteiger partial charge in [-0.3, -0.25) is 4.79 Å². The second-order valence-electron chi connectivity index (χ2n) is 8.59. The van der Waals surface area contributed by atoms with Crippen LogP contribution in [0.5, 0.6) is 0 Å². The van der Waals surface area contributed by atoms with Crippen LogP contribution in [0.25, 0.3) is 0 Å². The average molecular weight is 372 g/mol. The van der Waals surface area contributed by atoms with Crippen molar-refractivity contribution in [3.8, 4) is 0 Å². The van der Waals surface area contributed by atoms with Crippen LogP contribution in [0.2, 0.25) is 0 Å². The molecule has 0 radical (unpaired) electrons. The maximum absolute atomic E-state index is 13.0.